The van der Waals surface area contributed by atoms with Gasteiger partial charge >= 0.3 is 76.9 Å². The Kier molecular flexibility index (Phi) is 56.5. The highest BCUT2D eigenvalue weighted by molar-refractivity contribution is 7.02. The summed E-state index contributed by atoms with van der Waals surface area (Å²) in [6.07, 6.45) is -9.72. The number of carbonyl (C=O) groups excluding carboxylic acids is 6. The minimum Gasteiger partial charge on any atom is -0.463 e. The molecule has 0 N–H and O–H groups in total. The Balaban J connectivity index is -0.000000718. The molecule has 2 rings (SSSR count). The van der Waals surface area contributed by atoms with Crippen molar-refractivity contribution >= 4 is 164 Å². The van der Waals surface area contributed by atoms with Crippen LogP contribution in [-0.2, 0) is 108 Å². The van der Waals surface area contributed by atoms with Crippen molar-refractivity contribution in [1.82, 2.24) is 0 Å². The van der Waals surface area contributed by atoms with Gasteiger partial charge in [-0.2, -0.15) is 26.3 Å². The fraction of sp³-hybridized carbons (Fsp3) is 0.630. The Morgan fingerprint density at radius 3 is 0.952 bits per heavy atom. The van der Waals surface area contributed by atoms with Gasteiger partial charge in [-0.3, -0.25) is 4.79 Å². The number of Topliss-reactive ketones (excluding diaryl/α,β-unsaturated/α-hetero) is 1. The van der Waals surface area contributed by atoms with Crippen LogP contribution in [-0.4, -0.2) is 226 Å². The standard InChI is InChI=1S/C22H32O4Si3.C16H30F6O4Si3.C11H24O5Si2.C11H24O3Si2.C11H24O2Si2.C10H22O6Si2/c1-19(2)22(23)24-18-28(6,7)26-29(25-27(3,4)5,20-14-10-8-11-15-20)21-16-12-9-13-17-21;1-13(2)14(23)24-12-28(5,6)26-29(7,11-9-16(20,21)22)25-27(3,4)10-8-15(17,18)19;1-10(2)11(12)14-8-13-9-15-18(6,7)16-17(3,4)5;1-8-15(4,5)14-16(6,7)9-13-11(12)10(2)3;1-10(2)11(12)8-9-15(6,7)13-14(3,4)5;1-9(2)10(11)15-8-17(6,7)16-18(12-3,13-4)14-5/h8-17H,1,18H2,2-7H3;1,8-12H2,2-7H3;1,8-9H2,2-7H3;2,8-9H2,1,3-7H3;1,8-9H2,2-7H3;1,8H2,2-7H3. The molecule has 2 aromatic rings. The summed E-state index contributed by atoms with van der Waals surface area (Å²) in [6, 6.07) is 21.7. The third-order valence-electron chi connectivity index (χ3n) is 15.9. The lowest BCUT2D eigenvalue weighted by molar-refractivity contribution is -0.158. The summed E-state index contributed by atoms with van der Waals surface area (Å²) < 4.78 is 178. The van der Waals surface area contributed by atoms with Crippen LogP contribution < -0.4 is 10.4 Å². The van der Waals surface area contributed by atoms with Crippen LogP contribution in [0.1, 0.15) is 67.7 Å². The number of esters is 5. The van der Waals surface area contributed by atoms with Gasteiger partial charge in [0.25, 0.3) is 0 Å². The molecule has 0 radical (unpaired) electrons. The smallest absolute Gasteiger partial charge is 0.463 e. The lowest BCUT2D eigenvalue weighted by Crippen LogP contribution is -2.70. The second kappa shape index (κ2) is 55.5. The second-order valence-corrected chi connectivity index (χ2v) is 95.1. The number of carbonyl (C=O) groups is 6. The average molecular weight is 2020 g/mol. The van der Waals surface area contributed by atoms with Crippen molar-refractivity contribution in [2.75, 3.05) is 59.8 Å². The quantitative estimate of drug-likeness (QED) is 0.0113. The number of allylic oxidation sites excluding steroid dienone is 1. The molecule has 0 amide bonds. The van der Waals surface area contributed by atoms with Crippen molar-refractivity contribution in [1.29, 1.82) is 0 Å². The van der Waals surface area contributed by atoms with Crippen LogP contribution in [0.4, 0.5) is 26.3 Å². The fourth-order valence-electron chi connectivity index (χ4n) is 10.5. The van der Waals surface area contributed by atoms with Gasteiger partial charge in [-0.25, -0.2) is 24.0 Å². The number of ketones is 1. The molecule has 0 aliphatic carbocycles. The lowest BCUT2D eigenvalue weighted by Gasteiger charge is -2.42. The number of hydrogen-bond donors (Lipinski definition) is 0. The number of halogens is 6. The molecule has 0 spiro atoms. The summed E-state index contributed by atoms with van der Waals surface area (Å²) in [5.41, 5.74) is 2.36. The van der Waals surface area contributed by atoms with E-state index in [1.807, 2.05) is 62.6 Å². The molecule has 1 atom stereocenters. The maximum absolute atomic E-state index is 12.8. The second-order valence-electron chi connectivity index (χ2n) is 38.0. The van der Waals surface area contributed by atoms with E-state index < -0.39 is 167 Å². The first kappa shape index (κ1) is 127. The highest BCUT2D eigenvalue weighted by atomic mass is 28.5. The number of hydrogen-bond acceptors (Lipinski definition) is 24. The van der Waals surface area contributed by atoms with E-state index in [4.69, 9.17) is 79.0 Å². The number of alkyl halides is 6. The van der Waals surface area contributed by atoms with E-state index in [9.17, 15) is 55.1 Å². The van der Waals surface area contributed by atoms with Crippen LogP contribution in [0.2, 0.25) is 194 Å². The Bertz CT molecular complexity index is 3670. The number of benzene rings is 2. The van der Waals surface area contributed by atoms with E-state index in [1.165, 1.54) is 47.9 Å². The van der Waals surface area contributed by atoms with Gasteiger partial charge in [-0.1, -0.05) is 107 Å². The zero-order chi connectivity index (χ0) is 99.1. The van der Waals surface area contributed by atoms with Crippen LogP contribution in [0.5, 0.6) is 0 Å². The Hall–Kier alpha value is -4.00. The summed E-state index contributed by atoms with van der Waals surface area (Å²) in [5, 5.41) is 2.14. The molecule has 722 valence electrons. The van der Waals surface area contributed by atoms with Crippen molar-refractivity contribution in [2.24, 2.45) is 0 Å². The average Bonchev–Trinajstić information content (AvgIpc) is 0.758. The van der Waals surface area contributed by atoms with Crippen molar-refractivity contribution in [3.05, 3.63) is 134 Å². The molecule has 24 nitrogen and oxygen atoms in total. The summed E-state index contributed by atoms with van der Waals surface area (Å²) in [5.74, 6) is -2.07. The third kappa shape index (κ3) is 64.5. The fourth-order valence-corrected chi connectivity index (χ4v) is 61.8. The van der Waals surface area contributed by atoms with Gasteiger partial charge in [-0.15, -0.1) is 0 Å². The molecule has 0 aliphatic heterocycles. The van der Waals surface area contributed by atoms with Gasteiger partial charge in [0.1, 0.15) is 31.7 Å². The molecule has 0 bridgehead atoms. The Morgan fingerprint density at radius 1 is 0.336 bits per heavy atom. The largest absolute Gasteiger partial charge is 0.668 e. The van der Waals surface area contributed by atoms with Crippen molar-refractivity contribution in [3.63, 3.8) is 0 Å². The van der Waals surface area contributed by atoms with Crippen molar-refractivity contribution < 1.29 is 134 Å². The molecule has 125 heavy (non-hydrogen) atoms. The zero-order valence-electron chi connectivity index (χ0n) is 82.3. The molecular weight excluding hydrogens is 1860 g/mol. The molecule has 2 aromatic carbocycles. The molecule has 0 fully saturated rings. The van der Waals surface area contributed by atoms with E-state index >= 15 is 0 Å². The molecule has 0 saturated carbocycles. The highest BCUT2D eigenvalue weighted by Gasteiger charge is 2.52. The van der Waals surface area contributed by atoms with E-state index in [2.05, 4.69) is 182 Å². The summed E-state index contributed by atoms with van der Waals surface area (Å²) in [7, 11) is -28.1. The topological polar surface area (TPSA) is 269 Å². The van der Waals surface area contributed by atoms with E-state index in [1.54, 1.807) is 47.7 Å². The van der Waals surface area contributed by atoms with Gasteiger partial charge in [0.05, 0.1) is 0 Å². The normalized spacial score (nSPS) is 13.2. The third-order valence-corrected chi connectivity index (χ3v) is 61.0. The molecule has 0 aliphatic rings. The van der Waals surface area contributed by atoms with Crippen LogP contribution >= 0.6 is 0 Å². The zero-order valence-corrected chi connectivity index (χ0v) is 96.3. The molecule has 0 heterocycles. The van der Waals surface area contributed by atoms with Gasteiger partial charge < -0.3 is 79.0 Å². The first-order valence-corrected chi connectivity index (χ1v) is 81.9. The minimum absolute atomic E-state index is 0.0627. The maximum atomic E-state index is 12.8. The van der Waals surface area contributed by atoms with Gasteiger partial charge in [-0.05, 0) is 252 Å². The molecule has 44 heteroatoms. The molecule has 1 unspecified atom stereocenters. The molecule has 0 saturated heterocycles. The van der Waals surface area contributed by atoms with Crippen molar-refractivity contribution in [2.45, 2.75) is 274 Å². The first-order chi connectivity index (χ1) is 56.0. The van der Waals surface area contributed by atoms with Crippen LogP contribution in [0.15, 0.2) is 134 Å². The monoisotopic (exact) mass is 2020 g/mol. The van der Waals surface area contributed by atoms with E-state index in [0.717, 1.165) is 22.5 Å². The molecular formula is C81H156F6O24Si14. The summed E-state index contributed by atoms with van der Waals surface area (Å²) >= 11 is 0. The number of rotatable bonds is 48. The lowest BCUT2D eigenvalue weighted by atomic mass is 10.2. The summed E-state index contributed by atoms with van der Waals surface area (Å²) in [6.45, 7) is 85.2. The van der Waals surface area contributed by atoms with Gasteiger partial charge in [0.2, 0.25) is 33.3 Å². The van der Waals surface area contributed by atoms with Crippen molar-refractivity contribution in [3.8, 4) is 0 Å². The first-order valence-electron chi connectivity index (χ1n) is 41.0. The van der Waals surface area contributed by atoms with Gasteiger partial charge in [0, 0.05) is 68.5 Å². The predicted octanol–water partition coefficient (Wildman–Crippen LogP) is 20.6. The van der Waals surface area contributed by atoms with Gasteiger partial charge in [0.15, 0.2) is 62.5 Å². The Morgan fingerprint density at radius 2 is 0.640 bits per heavy atom. The Labute approximate surface area is 760 Å². The maximum Gasteiger partial charge on any atom is 0.668 e. The predicted molar refractivity (Wildman–Crippen MR) is 521 cm³/mol. The number of ether oxygens (including phenoxy) is 6. The van der Waals surface area contributed by atoms with Crippen LogP contribution in [0.25, 0.3) is 0 Å². The molecule has 0 aromatic heterocycles. The highest BCUT2D eigenvalue weighted by Crippen LogP contribution is 2.35. The summed E-state index contributed by atoms with van der Waals surface area (Å²) in [4.78, 5) is 68.6. The van der Waals surface area contributed by atoms with Crippen LogP contribution in [0.3, 0.4) is 0 Å². The minimum atomic E-state index is -4.45. The van der Waals surface area contributed by atoms with E-state index in [0.29, 0.717) is 40.5 Å². The SMILES string of the molecule is C=C(C)C(=O)CC[Si](C)(C)O[Si](C)(C)C.C=C(C)C(=O)OCOCO[Si](C)(C)O[Si](C)(C)C.C=C(C)C(=O)OC[Si](C)(C)O[Si](C)(C)CC.C=C(C)C(=O)OC[Si](C)(C)O[Si](C)(CCC(F)(F)F)O[Si](C)(C)CCC(F)(F)F.C=C(C)C(=O)OC[Si](C)(C)O[Si](OC)(OC)OC.C=C(C)C(=O)OC[Si](C)(C)O[Si](O[Si](C)(C)C)(c1ccccc1)c1ccccc1. The van der Waals surface area contributed by atoms with Crippen LogP contribution in [0, 0.1) is 0 Å². The van der Waals surface area contributed by atoms with E-state index in [-0.39, 0.29) is 61.6 Å².